The molecule has 0 bridgehead atoms. The molecule has 0 aromatic heterocycles. The standard InChI is InChI=1S/C34H44F2N2O2/c1-3-4-5-6-7-8-9-10-24-38-27(2)34(40-33(38)39)21-25-37(26-22-34)23-11-12-32(28-13-17-30(35)18-14-28)29-15-19-31(36)20-16-29/h12-20H,2-11,21-26H2,1H3. The van der Waals surface area contributed by atoms with Gasteiger partial charge in [-0.3, -0.25) is 4.90 Å². The number of carbonyl (C=O) groups is 1. The number of ether oxygens (including phenoxy) is 1. The molecule has 40 heavy (non-hydrogen) atoms. The minimum Gasteiger partial charge on any atom is -0.436 e. The highest BCUT2D eigenvalue weighted by Gasteiger charge is 2.50. The number of hydrogen-bond donors (Lipinski definition) is 0. The van der Waals surface area contributed by atoms with Gasteiger partial charge in [0.2, 0.25) is 0 Å². The highest BCUT2D eigenvalue weighted by atomic mass is 19.1. The van der Waals surface area contributed by atoms with Crippen molar-refractivity contribution < 1.29 is 18.3 Å². The predicted molar refractivity (Wildman–Crippen MR) is 158 cm³/mol. The Morgan fingerprint density at radius 2 is 1.38 bits per heavy atom. The van der Waals surface area contributed by atoms with Gasteiger partial charge < -0.3 is 9.64 Å². The second-order valence-electron chi connectivity index (χ2n) is 11.2. The van der Waals surface area contributed by atoms with Crippen molar-refractivity contribution in [2.45, 2.75) is 83.2 Å². The average Bonchev–Trinajstić information content (AvgIpc) is 3.18. The topological polar surface area (TPSA) is 32.8 Å². The second kappa shape index (κ2) is 14.6. The van der Waals surface area contributed by atoms with Crippen LogP contribution in [0.25, 0.3) is 5.57 Å². The third-order valence-electron chi connectivity index (χ3n) is 8.36. The van der Waals surface area contributed by atoms with Crippen molar-refractivity contribution in [3.8, 4) is 0 Å². The van der Waals surface area contributed by atoms with E-state index in [9.17, 15) is 13.6 Å². The van der Waals surface area contributed by atoms with Crippen LogP contribution in [0, 0.1) is 11.6 Å². The van der Waals surface area contributed by atoms with E-state index in [-0.39, 0.29) is 17.7 Å². The molecule has 0 aliphatic carbocycles. The summed E-state index contributed by atoms with van der Waals surface area (Å²) in [6, 6.07) is 12.8. The monoisotopic (exact) mass is 550 g/mol. The van der Waals surface area contributed by atoms with E-state index < -0.39 is 5.60 Å². The van der Waals surface area contributed by atoms with Crippen molar-refractivity contribution in [1.82, 2.24) is 9.80 Å². The number of likely N-dealkylation sites (tertiary alicyclic amines) is 1. The average molecular weight is 551 g/mol. The first kappa shape index (κ1) is 30.0. The highest BCUT2D eigenvalue weighted by molar-refractivity contribution is 5.79. The molecular weight excluding hydrogens is 506 g/mol. The highest BCUT2D eigenvalue weighted by Crippen LogP contribution is 2.40. The van der Waals surface area contributed by atoms with Crippen LogP contribution >= 0.6 is 0 Å². The van der Waals surface area contributed by atoms with Crippen molar-refractivity contribution in [3.05, 3.63) is 89.6 Å². The van der Waals surface area contributed by atoms with Crippen molar-refractivity contribution in [2.24, 2.45) is 0 Å². The third-order valence-corrected chi connectivity index (χ3v) is 8.36. The number of hydrogen-bond acceptors (Lipinski definition) is 3. The third kappa shape index (κ3) is 7.81. The first-order valence-corrected chi connectivity index (χ1v) is 15.1. The quantitative estimate of drug-likeness (QED) is 0.221. The van der Waals surface area contributed by atoms with Gasteiger partial charge >= 0.3 is 6.09 Å². The number of nitrogens with zero attached hydrogens (tertiary/aromatic N) is 2. The number of piperidine rings is 1. The Bertz CT molecular complexity index is 1090. The van der Waals surface area contributed by atoms with E-state index in [0.29, 0.717) is 6.54 Å². The van der Waals surface area contributed by atoms with Gasteiger partial charge in [-0.05, 0) is 53.8 Å². The molecule has 0 radical (unpaired) electrons. The molecule has 2 aromatic carbocycles. The van der Waals surface area contributed by atoms with Crippen LogP contribution in [0.5, 0.6) is 0 Å². The van der Waals surface area contributed by atoms with E-state index in [0.717, 1.165) is 74.1 Å². The fraction of sp³-hybridized carbons (Fsp3) is 0.500. The van der Waals surface area contributed by atoms with E-state index in [4.69, 9.17) is 4.74 Å². The first-order valence-electron chi connectivity index (χ1n) is 15.1. The van der Waals surface area contributed by atoms with E-state index in [1.165, 1.54) is 62.8 Å². The summed E-state index contributed by atoms with van der Waals surface area (Å²) in [4.78, 5) is 16.9. The Hall–Kier alpha value is -2.99. The molecule has 1 spiro atoms. The van der Waals surface area contributed by atoms with E-state index in [1.807, 2.05) is 0 Å². The summed E-state index contributed by atoms with van der Waals surface area (Å²) < 4.78 is 33.0. The molecule has 0 N–H and O–H groups in total. The Morgan fingerprint density at radius 1 is 0.850 bits per heavy atom. The lowest BCUT2D eigenvalue weighted by Crippen LogP contribution is -2.45. The lowest BCUT2D eigenvalue weighted by molar-refractivity contribution is 0.0152. The summed E-state index contributed by atoms with van der Waals surface area (Å²) in [5.74, 6) is -0.565. The maximum Gasteiger partial charge on any atom is 0.415 e. The first-order chi connectivity index (χ1) is 19.4. The Kier molecular flexibility index (Phi) is 10.9. The summed E-state index contributed by atoms with van der Waals surface area (Å²) in [7, 11) is 0. The molecule has 4 nitrogen and oxygen atoms in total. The fourth-order valence-corrected chi connectivity index (χ4v) is 5.85. The summed E-state index contributed by atoms with van der Waals surface area (Å²) in [6.45, 7) is 9.74. The van der Waals surface area contributed by atoms with Gasteiger partial charge in [0.25, 0.3) is 0 Å². The Balaban J connectivity index is 1.26. The smallest absolute Gasteiger partial charge is 0.415 e. The van der Waals surface area contributed by atoms with Crippen molar-refractivity contribution >= 4 is 11.7 Å². The molecule has 2 fully saturated rings. The van der Waals surface area contributed by atoms with E-state index >= 15 is 0 Å². The van der Waals surface area contributed by atoms with Crippen LogP contribution < -0.4 is 0 Å². The zero-order chi connectivity index (χ0) is 28.4. The van der Waals surface area contributed by atoms with Gasteiger partial charge in [0.15, 0.2) is 5.60 Å². The number of benzene rings is 2. The molecule has 2 aliphatic rings. The van der Waals surface area contributed by atoms with Crippen LogP contribution in [0.15, 0.2) is 66.9 Å². The predicted octanol–water partition coefficient (Wildman–Crippen LogP) is 8.73. The molecule has 4 rings (SSSR count). The molecule has 2 saturated heterocycles. The fourth-order valence-electron chi connectivity index (χ4n) is 5.85. The molecular formula is C34H44F2N2O2. The lowest BCUT2D eigenvalue weighted by atomic mass is 9.88. The number of rotatable bonds is 14. The summed E-state index contributed by atoms with van der Waals surface area (Å²) in [5, 5.41) is 0. The van der Waals surface area contributed by atoms with Crippen molar-refractivity contribution in [1.29, 1.82) is 0 Å². The SMILES string of the molecule is C=C1N(CCCCCCCCCC)C(=O)OC12CCN(CCC=C(c1ccc(F)cc1)c1ccc(F)cc1)CC2. The van der Waals surface area contributed by atoms with Crippen molar-refractivity contribution in [3.63, 3.8) is 0 Å². The van der Waals surface area contributed by atoms with Gasteiger partial charge in [0, 0.05) is 39.0 Å². The summed E-state index contributed by atoms with van der Waals surface area (Å²) in [6.07, 6.45) is 14.0. The zero-order valence-corrected chi connectivity index (χ0v) is 24.0. The molecule has 2 aromatic rings. The Morgan fingerprint density at radius 3 is 1.93 bits per heavy atom. The number of carbonyl (C=O) groups excluding carboxylic acids is 1. The molecule has 0 saturated carbocycles. The molecule has 216 valence electrons. The summed E-state index contributed by atoms with van der Waals surface area (Å²) >= 11 is 0. The minimum absolute atomic E-state index is 0.243. The van der Waals surface area contributed by atoms with Crippen LogP contribution in [-0.2, 0) is 4.74 Å². The molecule has 2 aliphatic heterocycles. The summed E-state index contributed by atoms with van der Waals surface area (Å²) in [5.41, 5.74) is 3.02. The normalized spacial score (nSPS) is 16.9. The molecule has 1 amide bonds. The minimum atomic E-state index is -0.572. The molecule has 2 heterocycles. The van der Waals surface area contributed by atoms with Gasteiger partial charge in [0.1, 0.15) is 11.6 Å². The van der Waals surface area contributed by atoms with Gasteiger partial charge in [0.05, 0.1) is 5.70 Å². The van der Waals surface area contributed by atoms with Crippen molar-refractivity contribution in [2.75, 3.05) is 26.2 Å². The second-order valence-corrected chi connectivity index (χ2v) is 11.2. The lowest BCUT2D eigenvalue weighted by Gasteiger charge is -2.38. The number of unbranched alkanes of at least 4 members (excludes halogenated alkanes) is 7. The van der Waals surface area contributed by atoms with Crippen LogP contribution in [0.2, 0.25) is 0 Å². The van der Waals surface area contributed by atoms with Gasteiger partial charge in [-0.2, -0.15) is 0 Å². The van der Waals surface area contributed by atoms with E-state index in [2.05, 4.69) is 24.5 Å². The molecule has 6 heteroatoms. The van der Waals surface area contributed by atoms with E-state index in [1.54, 1.807) is 29.2 Å². The molecule has 0 atom stereocenters. The largest absolute Gasteiger partial charge is 0.436 e. The zero-order valence-electron chi connectivity index (χ0n) is 24.0. The van der Waals surface area contributed by atoms with Gasteiger partial charge in [-0.25, -0.2) is 13.6 Å². The van der Waals surface area contributed by atoms with Crippen LogP contribution in [-0.4, -0.2) is 47.7 Å². The van der Waals surface area contributed by atoms with Crippen LogP contribution in [0.4, 0.5) is 13.6 Å². The maximum atomic E-state index is 13.5. The molecule has 0 unspecified atom stereocenters. The van der Waals surface area contributed by atoms with Gasteiger partial charge in [-0.1, -0.05) is 88.8 Å². The van der Waals surface area contributed by atoms with Crippen LogP contribution in [0.3, 0.4) is 0 Å². The number of amides is 1. The maximum absolute atomic E-state index is 13.5. The Labute approximate surface area is 238 Å². The van der Waals surface area contributed by atoms with Gasteiger partial charge in [-0.15, -0.1) is 0 Å². The van der Waals surface area contributed by atoms with Crippen LogP contribution in [0.1, 0.15) is 88.7 Å². The number of halogens is 2.